The maximum absolute atomic E-state index is 5.32. The fraction of sp³-hybridized carbons (Fsp3) is 0.121. The van der Waals surface area contributed by atoms with Gasteiger partial charge in [0.1, 0.15) is 0 Å². The molecule has 0 fully saturated rings. The van der Waals surface area contributed by atoms with Crippen LogP contribution in [0.3, 0.4) is 0 Å². The molecule has 0 aliphatic carbocycles. The molecule has 1 N–H and O–H groups in total. The van der Waals surface area contributed by atoms with E-state index in [9.17, 15) is 0 Å². The second kappa shape index (κ2) is 9.10. The summed E-state index contributed by atoms with van der Waals surface area (Å²) in [5.41, 5.74) is 9.57. The summed E-state index contributed by atoms with van der Waals surface area (Å²) in [6.45, 7) is 6.35. The predicted molar refractivity (Wildman–Crippen MR) is 159 cm³/mol. The van der Waals surface area contributed by atoms with Crippen LogP contribution in [0.5, 0.6) is 0 Å². The van der Waals surface area contributed by atoms with Crippen molar-refractivity contribution in [2.75, 3.05) is 10.2 Å². The number of nitrogens with one attached hydrogen (secondary N) is 1. The van der Waals surface area contributed by atoms with Crippen molar-refractivity contribution < 1.29 is 0 Å². The highest BCUT2D eigenvalue weighted by molar-refractivity contribution is 6.51. The molecule has 0 spiro atoms. The van der Waals surface area contributed by atoms with Gasteiger partial charge in [-0.1, -0.05) is 72.3 Å². The molecule has 0 amide bonds. The third-order valence-electron chi connectivity index (χ3n) is 7.44. The number of aryl methyl sites for hydroxylation is 3. The highest BCUT2D eigenvalue weighted by Crippen LogP contribution is 2.48. The number of aliphatic imine (C=N–C) groups is 2. The number of aromatic nitrogens is 2. The third kappa shape index (κ3) is 3.84. The maximum atomic E-state index is 5.32. The second-order valence-electron chi connectivity index (χ2n) is 10.1. The number of para-hydroxylation sites is 3. The van der Waals surface area contributed by atoms with Gasteiger partial charge in [0.2, 0.25) is 0 Å². The number of benzene rings is 4. The number of hydrogen-bond acceptors (Lipinski definition) is 5. The molecule has 0 saturated carbocycles. The van der Waals surface area contributed by atoms with Gasteiger partial charge in [0.15, 0.2) is 17.5 Å². The lowest BCUT2D eigenvalue weighted by atomic mass is 9.90. The van der Waals surface area contributed by atoms with Crippen LogP contribution in [0.2, 0.25) is 0 Å². The van der Waals surface area contributed by atoms with E-state index in [2.05, 4.69) is 97.7 Å². The first-order chi connectivity index (χ1) is 19.1. The fourth-order valence-electron chi connectivity index (χ4n) is 5.51. The molecule has 0 saturated heterocycles. The molecule has 7 rings (SSSR count). The minimum Gasteiger partial charge on any atom is -0.337 e. The summed E-state index contributed by atoms with van der Waals surface area (Å²) in [6.07, 6.45) is 0. The maximum Gasteiger partial charge on any atom is 0.179 e. The number of anilines is 2. The average molecular weight is 509 g/mol. The van der Waals surface area contributed by atoms with Gasteiger partial charge in [0, 0.05) is 11.3 Å². The number of rotatable bonds is 3. The lowest BCUT2D eigenvalue weighted by Gasteiger charge is -2.41. The molecule has 0 bridgehead atoms. The molecular formula is C33H28N6. The van der Waals surface area contributed by atoms with E-state index >= 15 is 0 Å². The van der Waals surface area contributed by atoms with Crippen molar-refractivity contribution in [3.63, 3.8) is 0 Å². The first-order valence-electron chi connectivity index (χ1n) is 13.2. The molecule has 1 atom stereocenters. The van der Waals surface area contributed by atoms with E-state index in [1.165, 1.54) is 16.7 Å². The van der Waals surface area contributed by atoms with Crippen LogP contribution in [0.1, 0.15) is 34.0 Å². The molecule has 3 heterocycles. The van der Waals surface area contributed by atoms with Gasteiger partial charge in [-0.05, 0) is 68.3 Å². The summed E-state index contributed by atoms with van der Waals surface area (Å²) in [4.78, 5) is 12.7. The van der Waals surface area contributed by atoms with Crippen LogP contribution in [-0.2, 0) is 0 Å². The van der Waals surface area contributed by atoms with E-state index in [0.717, 1.165) is 45.7 Å². The average Bonchev–Trinajstić information content (AvgIpc) is 3.29. The van der Waals surface area contributed by atoms with Gasteiger partial charge in [-0.2, -0.15) is 5.10 Å². The highest BCUT2D eigenvalue weighted by atomic mass is 15.4. The highest BCUT2D eigenvalue weighted by Gasteiger charge is 2.41. The first-order valence-corrected chi connectivity index (χ1v) is 13.2. The summed E-state index contributed by atoms with van der Waals surface area (Å²) in [7, 11) is 0. The summed E-state index contributed by atoms with van der Waals surface area (Å²) in [5, 5.41) is 8.60. The molecule has 4 aromatic carbocycles. The SMILES string of the molecule is Cc1ccc(-n2nc(C)c3c2N=C2C(Nc4ccccc4)=Nc4ccccc4N2C3c2ccccc2C)cc1. The molecule has 190 valence electrons. The Labute approximate surface area is 228 Å². The van der Waals surface area contributed by atoms with Crippen molar-refractivity contribution in [3.8, 4) is 5.69 Å². The van der Waals surface area contributed by atoms with Crippen LogP contribution in [0.15, 0.2) is 113 Å². The molecule has 2 aliphatic heterocycles. The van der Waals surface area contributed by atoms with E-state index in [0.29, 0.717) is 5.84 Å². The normalized spacial score (nSPS) is 15.6. The molecule has 6 nitrogen and oxygen atoms in total. The molecule has 1 unspecified atom stereocenters. The van der Waals surface area contributed by atoms with Gasteiger partial charge < -0.3 is 10.2 Å². The zero-order chi connectivity index (χ0) is 26.5. The zero-order valence-electron chi connectivity index (χ0n) is 22.1. The Balaban J connectivity index is 1.52. The van der Waals surface area contributed by atoms with Crippen molar-refractivity contribution in [2.45, 2.75) is 26.8 Å². The summed E-state index contributed by atoms with van der Waals surface area (Å²) < 4.78 is 1.97. The van der Waals surface area contributed by atoms with E-state index in [1.807, 2.05) is 41.1 Å². The Bertz CT molecular complexity index is 1760. The molecular weight excluding hydrogens is 480 g/mol. The van der Waals surface area contributed by atoms with E-state index in [-0.39, 0.29) is 6.04 Å². The summed E-state index contributed by atoms with van der Waals surface area (Å²) in [6, 6.07) is 35.3. The molecule has 1 aromatic heterocycles. The smallest absolute Gasteiger partial charge is 0.179 e. The lowest BCUT2D eigenvalue weighted by molar-refractivity contribution is 0.809. The van der Waals surface area contributed by atoms with E-state index < -0.39 is 0 Å². The topological polar surface area (TPSA) is 57.8 Å². The largest absolute Gasteiger partial charge is 0.337 e. The van der Waals surface area contributed by atoms with Crippen molar-refractivity contribution in [2.24, 2.45) is 9.98 Å². The van der Waals surface area contributed by atoms with Crippen molar-refractivity contribution in [1.82, 2.24) is 9.78 Å². The lowest BCUT2D eigenvalue weighted by Crippen LogP contribution is -2.46. The van der Waals surface area contributed by atoms with Crippen molar-refractivity contribution in [3.05, 3.63) is 131 Å². The minimum absolute atomic E-state index is 0.128. The Morgan fingerprint density at radius 3 is 2.23 bits per heavy atom. The van der Waals surface area contributed by atoms with Gasteiger partial charge >= 0.3 is 0 Å². The number of amidine groups is 2. The van der Waals surface area contributed by atoms with Crippen LogP contribution in [0, 0.1) is 20.8 Å². The predicted octanol–water partition coefficient (Wildman–Crippen LogP) is 7.59. The second-order valence-corrected chi connectivity index (χ2v) is 10.1. The van der Waals surface area contributed by atoms with Gasteiger partial charge in [0.25, 0.3) is 0 Å². The Morgan fingerprint density at radius 2 is 1.44 bits per heavy atom. The Morgan fingerprint density at radius 1 is 0.718 bits per heavy atom. The van der Waals surface area contributed by atoms with Crippen LogP contribution >= 0.6 is 0 Å². The Hall–Kier alpha value is -4.97. The molecule has 5 aromatic rings. The van der Waals surface area contributed by atoms with Gasteiger partial charge in [-0.25, -0.2) is 14.7 Å². The molecule has 2 aliphatic rings. The van der Waals surface area contributed by atoms with Crippen molar-refractivity contribution >= 4 is 34.6 Å². The summed E-state index contributed by atoms with van der Waals surface area (Å²) >= 11 is 0. The zero-order valence-corrected chi connectivity index (χ0v) is 22.1. The summed E-state index contributed by atoms with van der Waals surface area (Å²) in [5.74, 6) is 2.31. The molecule has 39 heavy (non-hydrogen) atoms. The van der Waals surface area contributed by atoms with Gasteiger partial charge in [-0.3, -0.25) is 0 Å². The number of nitrogens with zero attached hydrogens (tertiary/aromatic N) is 5. The van der Waals surface area contributed by atoms with Crippen LogP contribution in [0.25, 0.3) is 5.69 Å². The molecule has 6 heteroatoms. The van der Waals surface area contributed by atoms with Crippen LogP contribution < -0.4 is 10.2 Å². The van der Waals surface area contributed by atoms with Crippen molar-refractivity contribution in [1.29, 1.82) is 0 Å². The fourth-order valence-corrected chi connectivity index (χ4v) is 5.51. The monoisotopic (exact) mass is 508 g/mol. The van der Waals surface area contributed by atoms with Gasteiger partial charge in [0.05, 0.1) is 28.8 Å². The quantitative estimate of drug-likeness (QED) is 0.273. The first kappa shape index (κ1) is 23.2. The van der Waals surface area contributed by atoms with Gasteiger partial charge in [-0.15, -0.1) is 0 Å². The Kier molecular flexibility index (Phi) is 5.40. The molecule has 0 radical (unpaired) electrons. The number of hydrogen-bond donors (Lipinski definition) is 1. The number of fused-ring (bicyclic) bond motifs is 4. The van der Waals surface area contributed by atoms with Crippen LogP contribution in [0.4, 0.5) is 22.9 Å². The van der Waals surface area contributed by atoms with Crippen LogP contribution in [-0.4, -0.2) is 21.5 Å². The van der Waals surface area contributed by atoms with E-state index in [4.69, 9.17) is 15.1 Å². The standard InChI is InChI=1S/C33H28N6/c1-21-17-19-25(20-18-21)39-32-29(23(3)37-39)30(26-14-8-7-11-22(26)2)38-28-16-10-9-15-27(28)35-31(33(38)36-32)34-24-12-5-4-6-13-24/h4-20,30H,1-3H3,(H,34,35). The minimum atomic E-state index is -0.128. The third-order valence-corrected chi connectivity index (χ3v) is 7.44. The van der Waals surface area contributed by atoms with E-state index in [1.54, 1.807) is 0 Å².